The zero-order valence-corrected chi connectivity index (χ0v) is 17.9. The van der Waals surface area contributed by atoms with Crippen molar-refractivity contribution in [2.75, 3.05) is 11.9 Å². The summed E-state index contributed by atoms with van der Waals surface area (Å²) in [5, 5.41) is 22.6. The molecule has 3 aliphatic heterocycles. The van der Waals surface area contributed by atoms with Gasteiger partial charge in [0.15, 0.2) is 0 Å². The van der Waals surface area contributed by atoms with Crippen LogP contribution >= 0.6 is 0 Å². The Morgan fingerprint density at radius 1 is 1.22 bits per heavy atom. The minimum atomic E-state index is -0.860. The number of anilines is 1. The van der Waals surface area contributed by atoms with Crippen LogP contribution in [0.5, 0.6) is 0 Å². The van der Waals surface area contributed by atoms with Crippen LogP contribution in [-0.2, 0) is 14.4 Å². The van der Waals surface area contributed by atoms with Crippen LogP contribution in [-0.4, -0.2) is 52.6 Å². The quantitative estimate of drug-likeness (QED) is 0.389. The minimum Gasteiger partial charge on any atom is -0.340 e. The number of benzene rings is 1. The molecule has 0 bridgehead atoms. The lowest BCUT2D eigenvalue weighted by atomic mass is 9.81. The molecule has 3 saturated heterocycles. The third kappa shape index (κ3) is 4.44. The first kappa shape index (κ1) is 22.2. The van der Waals surface area contributed by atoms with Crippen LogP contribution in [0.25, 0.3) is 0 Å². The van der Waals surface area contributed by atoms with E-state index >= 15 is 0 Å². The minimum absolute atomic E-state index is 0.0925. The van der Waals surface area contributed by atoms with Gasteiger partial charge in [-0.1, -0.05) is 13.3 Å². The van der Waals surface area contributed by atoms with Gasteiger partial charge in [0.05, 0.1) is 22.9 Å². The van der Waals surface area contributed by atoms with Crippen LogP contribution in [0.3, 0.4) is 0 Å². The van der Waals surface area contributed by atoms with Crippen molar-refractivity contribution < 1.29 is 19.3 Å². The van der Waals surface area contributed by atoms with E-state index in [4.69, 9.17) is 0 Å². The zero-order valence-electron chi connectivity index (χ0n) is 17.9. The van der Waals surface area contributed by atoms with Gasteiger partial charge in [-0.05, 0) is 31.4 Å². The molecule has 0 radical (unpaired) electrons. The van der Waals surface area contributed by atoms with E-state index in [2.05, 4.69) is 33.1 Å². The number of amides is 3. The Morgan fingerprint density at radius 3 is 2.66 bits per heavy atom. The first-order valence-electron chi connectivity index (χ1n) is 11.0. The van der Waals surface area contributed by atoms with E-state index in [1.54, 1.807) is 0 Å². The van der Waals surface area contributed by atoms with Crippen LogP contribution < -0.4 is 21.3 Å². The van der Waals surface area contributed by atoms with Crippen molar-refractivity contribution in [3.05, 3.63) is 34.4 Å². The van der Waals surface area contributed by atoms with Crippen molar-refractivity contribution in [2.24, 2.45) is 11.8 Å². The topological polar surface area (TPSA) is 146 Å². The number of hydrogen-bond donors (Lipinski definition) is 4. The van der Waals surface area contributed by atoms with Crippen molar-refractivity contribution in [1.29, 1.82) is 0 Å². The van der Waals surface area contributed by atoms with Gasteiger partial charge in [-0.2, -0.15) is 0 Å². The monoisotopic (exact) mass is 444 g/mol. The molecule has 4 rings (SSSR count). The van der Waals surface area contributed by atoms with E-state index in [9.17, 15) is 24.5 Å². The summed E-state index contributed by atoms with van der Waals surface area (Å²) in [7, 11) is 0. The Labute approximate surface area is 185 Å². The highest BCUT2D eigenvalue weighted by molar-refractivity contribution is 6.00. The summed E-state index contributed by atoms with van der Waals surface area (Å²) in [5.74, 6) is -2.67. The van der Waals surface area contributed by atoms with E-state index < -0.39 is 35.1 Å². The number of carbonyl (C=O) groups excluding carboxylic acids is 3. The number of fused-ring (bicyclic) bond motifs is 1. The first-order chi connectivity index (χ1) is 15.4. The smallest absolute Gasteiger partial charge is 0.269 e. The maximum Gasteiger partial charge on any atom is 0.269 e. The molecule has 4 N–H and O–H groups in total. The second-order valence-electron chi connectivity index (χ2n) is 8.55. The molecular formula is C21H28N6O5. The fourth-order valence-corrected chi connectivity index (χ4v) is 4.94. The summed E-state index contributed by atoms with van der Waals surface area (Å²) >= 11 is 0. The van der Waals surface area contributed by atoms with Crippen molar-refractivity contribution >= 4 is 29.1 Å². The summed E-state index contributed by atoms with van der Waals surface area (Å²) in [6.45, 7) is 2.98. The highest BCUT2D eigenvalue weighted by atomic mass is 16.6. The lowest BCUT2D eigenvalue weighted by Crippen LogP contribution is -2.75. The third-order valence-electron chi connectivity index (χ3n) is 6.59. The molecule has 11 nitrogen and oxygen atoms in total. The highest BCUT2D eigenvalue weighted by Gasteiger charge is 2.49. The lowest BCUT2D eigenvalue weighted by Gasteiger charge is -2.49. The largest absolute Gasteiger partial charge is 0.340 e. The maximum absolute atomic E-state index is 13.1. The summed E-state index contributed by atoms with van der Waals surface area (Å²) in [5.41, 5.74) is 0.273. The molecule has 3 aliphatic rings. The number of nitro groups is 1. The van der Waals surface area contributed by atoms with Gasteiger partial charge in [0, 0.05) is 36.8 Å². The Hall–Kier alpha value is -3.05. The number of non-ortho nitro benzene ring substituents is 1. The number of nitrogens with zero attached hydrogens (tertiary/aromatic N) is 2. The average molecular weight is 444 g/mol. The summed E-state index contributed by atoms with van der Waals surface area (Å²) in [4.78, 5) is 50.9. The van der Waals surface area contributed by atoms with Crippen LogP contribution in [0.1, 0.15) is 39.0 Å². The highest BCUT2D eigenvalue weighted by Crippen LogP contribution is 2.30. The summed E-state index contributed by atoms with van der Waals surface area (Å²) in [6.07, 6.45) is 3.07. The maximum atomic E-state index is 13.1. The van der Waals surface area contributed by atoms with E-state index in [1.807, 2.05) is 0 Å². The first-order valence-corrected chi connectivity index (χ1v) is 11.0. The Balaban J connectivity index is 1.48. The van der Waals surface area contributed by atoms with Crippen molar-refractivity contribution in [1.82, 2.24) is 20.9 Å². The predicted molar refractivity (Wildman–Crippen MR) is 115 cm³/mol. The molecule has 0 spiro atoms. The van der Waals surface area contributed by atoms with Gasteiger partial charge >= 0.3 is 0 Å². The number of rotatable bonds is 5. The van der Waals surface area contributed by atoms with E-state index in [0.29, 0.717) is 11.7 Å². The van der Waals surface area contributed by atoms with Gasteiger partial charge in [0.2, 0.25) is 17.7 Å². The van der Waals surface area contributed by atoms with Crippen LogP contribution in [0.2, 0.25) is 0 Å². The normalized spacial score (nSPS) is 30.6. The van der Waals surface area contributed by atoms with Gasteiger partial charge in [0.1, 0.15) is 6.29 Å². The Morgan fingerprint density at radius 2 is 1.97 bits per heavy atom. The zero-order chi connectivity index (χ0) is 22.8. The number of hydrogen-bond acceptors (Lipinski definition) is 7. The fourth-order valence-electron chi connectivity index (χ4n) is 4.94. The summed E-state index contributed by atoms with van der Waals surface area (Å²) < 4.78 is 0. The molecule has 172 valence electrons. The molecule has 5 atom stereocenters. The fraction of sp³-hybridized carbons (Fsp3) is 0.571. The molecule has 1 aromatic rings. The summed E-state index contributed by atoms with van der Waals surface area (Å²) in [6, 6.07) is 5.76. The lowest BCUT2D eigenvalue weighted by molar-refractivity contribution is -0.384. The van der Waals surface area contributed by atoms with Gasteiger partial charge in [-0.15, -0.1) is 0 Å². The van der Waals surface area contributed by atoms with E-state index in [1.165, 1.54) is 24.3 Å². The molecule has 0 saturated carbocycles. The standard InChI is InChI=1S/C21H28N6O5/c1-2-13-5-3-4-10-26(13)21-24-18-17(20(30)25-21)15(11-16(28)23-18)19(29)22-12-6-8-14(9-7-12)27(31)32/h6-9,13,15,17-18,21,24H,2-5,10-11H2,1H3,(H,22,29)(H,23,28)(H,25,30). The van der Waals surface area contributed by atoms with Crippen LogP contribution in [0.4, 0.5) is 11.4 Å². The number of piperidine rings is 2. The molecule has 11 heteroatoms. The Bertz CT molecular complexity index is 906. The number of likely N-dealkylation sites (tertiary alicyclic amines) is 1. The molecule has 3 fully saturated rings. The van der Waals surface area contributed by atoms with Gasteiger partial charge in [-0.25, -0.2) is 0 Å². The van der Waals surface area contributed by atoms with E-state index in [0.717, 1.165) is 32.2 Å². The van der Waals surface area contributed by atoms with Crippen LogP contribution in [0.15, 0.2) is 24.3 Å². The van der Waals surface area contributed by atoms with Crippen molar-refractivity contribution in [2.45, 2.75) is 57.5 Å². The number of nitrogens with one attached hydrogen (secondary N) is 4. The molecule has 1 aromatic carbocycles. The second kappa shape index (κ2) is 9.21. The van der Waals surface area contributed by atoms with Gasteiger partial charge < -0.3 is 16.0 Å². The molecule has 32 heavy (non-hydrogen) atoms. The van der Waals surface area contributed by atoms with Crippen molar-refractivity contribution in [3.63, 3.8) is 0 Å². The van der Waals surface area contributed by atoms with Crippen molar-refractivity contribution in [3.8, 4) is 0 Å². The van der Waals surface area contributed by atoms with Crippen LogP contribution in [0, 0.1) is 22.0 Å². The molecule has 5 unspecified atom stereocenters. The molecular weight excluding hydrogens is 416 g/mol. The number of nitro benzene ring substituents is 1. The number of carbonyl (C=O) groups is 3. The van der Waals surface area contributed by atoms with Gasteiger partial charge in [0.25, 0.3) is 5.69 Å². The third-order valence-corrected chi connectivity index (χ3v) is 6.59. The van der Waals surface area contributed by atoms with E-state index in [-0.39, 0.29) is 23.9 Å². The SMILES string of the molecule is CCC1CCCCN1C1NC(=O)C2C(NC(=O)CC2C(=O)Nc2ccc([N+](=O)[O-])cc2)N1. The molecule has 0 aliphatic carbocycles. The second-order valence-corrected chi connectivity index (χ2v) is 8.55. The Kier molecular flexibility index (Phi) is 6.38. The molecule has 0 aromatic heterocycles. The predicted octanol–water partition coefficient (Wildman–Crippen LogP) is 0.879. The van der Waals surface area contributed by atoms with Gasteiger partial charge in [-0.3, -0.25) is 34.7 Å². The molecule has 3 heterocycles. The average Bonchev–Trinajstić information content (AvgIpc) is 2.78. The molecule has 3 amide bonds.